The van der Waals surface area contributed by atoms with Crippen LogP contribution in [0, 0.1) is 0 Å². The first-order chi connectivity index (χ1) is 7.75. The van der Waals surface area contributed by atoms with Gasteiger partial charge in [-0.05, 0) is 28.3 Å². The van der Waals surface area contributed by atoms with Crippen molar-refractivity contribution in [1.82, 2.24) is 0 Å². The fourth-order valence-corrected chi connectivity index (χ4v) is 2.57. The zero-order chi connectivity index (χ0) is 11.1. The third-order valence-electron chi connectivity index (χ3n) is 3.60. The number of rotatable bonds is 0. The van der Waals surface area contributed by atoms with Crippen molar-refractivity contribution < 1.29 is 4.79 Å². The average Bonchev–Trinajstić information content (AvgIpc) is 2.32. The monoisotopic (exact) mass is 210 g/mol. The van der Waals surface area contributed by atoms with E-state index in [2.05, 4.69) is 30.3 Å². The molecule has 0 spiro atoms. The van der Waals surface area contributed by atoms with Crippen LogP contribution in [0.15, 0.2) is 36.4 Å². The summed E-state index contributed by atoms with van der Waals surface area (Å²) in [4.78, 5) is 11.7. The summed E-state index contributed by atoms with van der Waals surface area (Å²) in [6.45, 7) is 2.02. The third kappa shape index (κ3) is 1.35. The Morgan fingerprint density at radius 1 is 1.06 bits per heavy atom. The molecule has 1 aliphatic rings. The Hall–Kier alpha value is -1.63. The molecule has 0 radical (unpaired) electrons. The van der Waals surface area contributed by atoms with Gasteiger partial charge in [0, 0.05) is 12.3 Å². The lowest BCUT2D eigenvalue weighted by Crippen LogP contribution is -2.17. The predicted molar refractivity (Wildman–Crippen MR) is 65.7 cm³/mol. The van der Waals surface area contributed by atoms with E-state index in [1.54, 1.807) is 0 Å². The maximum absolute atomic E-state index is 11.7. The largest absolute Gasteiger partial charge is 0.299 e. The second-order valence-electron chi connectivity index (χ2n) is 4.59. The zero-order valence-electron chi connectivity index (χ0n) is 9.36. The molecule has 80 valence electrons. The van der Waals surface area contributed by atoms with Gasteiger partial charge >= 0.3 is 0 Å². The molecular weight excluding hydrogens is 196 g/mol. The first-order valence-corrected chi connectivity index (χ1v) is 5.80. The molecule has 2 aromatic carbocycles. The van der Waals surface area contributed by atoms with Gasteiger partial charge < -0.3 is 0 Å². The van der Waals surface area contributed by atoms with Gasteiger partial charge in [-0.25, -0.2) is 0 Å². The number of fused-ring (bicyclic) bond motifs is 2. The molecule has 0 bridgehead atoms. The van der Waals surface area contributed by atoms with Gasteiger partial charge in [-0.3, -0.25) is 4.79 Å². The number of hydrogen-bond donors (Lipinski definition) is 0. The fourth-order valence-electron chi connectivity index (χ4n) is 2.57. The number of carbonyl (C=O) groups is 1. The van der Waals surface area contributed by atoms with Gasteiger partial charge in [0.25, 0.3) is 0 Å². The van der Waals surface area contributed by atoms with E-state index in [1.165, 1.54) is 21.9 Å². The van der Waals surface area contributed by atoms with Crippen molar-refractivity contribution in [3.63, 3.8) is 0 Å². The molecule has 0 aliphatic heterocycles. The van der Waals surface area contributed by atoms with Crippen LogP contribution in [0.2, 0.25) is 0 Å². The van der Waals surface area contributed by atoms with Crippen LogP contribution in [-0.2, 0) is 11.2 Å². The number of hydrogen-bond acceptors (Lipinski definition) is 1. The number of benzene rings is 2. The topological polar surface area (TPSA) is 17.1 Å². The minimum absolute atomic E-state index is 0.0772. The molecule has 1 heteroatoms. The molecule has 16 heavy (non-hydrogen) atoms. The van der Waals surface area contributed by atoms with E-state index in [-0.39, 0.29) is 5.92 Å². The Kier molecular flexibility index (Phi) is 2.06. The zero-order valence-corrected chi connectivity index (χ0v) is 9.36. The number of Topliss-reactive ketones (excluding diaryl/α,β-unsaturated/α-hetero) is 1. The highest BCUT2D eigenvalue weighted by Gasteiger charge is 2.23. The summed E-state index contributed by atoms with van der Waals surface area (Å²) < 4.78 is 0. The molecule has 2 aromatic rings. The van der Waals surface area contributed by atoms with E-state index in [0.717, 1.165) is 6.42 Å². The van der Waals surface area contributed by atoms with Crippen LogP contribution in [0.1, 0.15) is 30.4 Å². The summed E-state index contributed by atoms with van der Waals surface area (Å²) >= 11 is 0. The van der Waals surface area contributed by atoms with Crippen molar-refractivity contribution >= 4 is 16.6 Å². The fraction of sp³-hybridized carbons (Fsp3) is 0.267. The summed E-state index contributed by atoms with van der Waals surface area (Å²) in [5.41, 5.74) is 2.58. The highest BCUT2D eigenvalue weighted by molar-refractivity contribution is 5.91. The quantitative estimate of drug-likeness (QED) is 0.650. The van der Waals surface area contributed by atoms with Crippen molar-refractivity contribution in [2.24, 2.45) is 0 Å². The van der Waals surface area contributed by atoms with Gasteiger partial charge in [-0.15, -0.1) is 0 Å². The van der Waals surface area contributed by atoms with Crippen molar-refractivity contribution in [1.29, 1.82) is 0 Å². The van der Waals surface area contributed by atoms with E-state index in [1.807, 2.05) is 13.0 Å². The smallest absolute Gasteiger partial charge is 0.140 e. The highest BCUT2D eigenvalue weighted by Crippen LogP contribution is 2.32. The van der Waals surface area contributed by atoms with Crippen LogP contribution < -0.4 is 0 Å². The van der Waals surface area contributed by atoms with E-state index in [9.17, 15) is 4.79 Å². The van der Waals surface area contributed by atoms with Crippen molar-refractivity contribution in [2.75, 3.05) is 0 Å². The summed E-state index contributed by atoms with van der Waals surface area (Å²) in [5, 5.41) is 2.52. The number of aryl methyl sites for hydroxylation is 1. The number of carbonyl (C=O) groups excluding carboxylic acids is 1. The van der Waals surface area contributed by atoms with Gasteiger partial charge in [-0.2, -0.15) is 0 Å². The maximum Gasteiger partial charge on any atom is 0.140 e. The van der Waals surface area contributed by atoms with Crippen LogP contribution in [0.4, 0.5) is 0 Å². The summed E-state index contributed by atoms with van der Waals surface area (Å²) in [6.07, 6.45) is 1.61. The molecule has 0 saturated carbocycles. The van der Waals surface area contributed by atoms with E-state index < -0.39 is 0 Å². The Morgan fingerprint density at radius 2 is 1.75 bits per heavy atom. The molecule has 0 N–H and O–H groups in total. The minimum Gasteiger partial charge on any atom is -0.299 e. The molecule has 0 fully saturated rings. The highest BCUT2D eigenvalue weighted by atomic mass is 16.1. The molecule has 3 rings (SSSR count). The molecule has 1 atom stereocenters. The molecular formula is C15H14O. The predicted octanol–water partition coefficient (Wildman–Crippen LogP) is 3.46. The standard InChI is InChI=1S/C15H14O/c1-10-14-9-12-5-3-2-4-11(12)8-13(14)6-7-15(10)16/h2-5,8-10H,6-7H2,1H3. The Labute approximate surface area is 95.1 Å². The van der Waals surface area contributed by atoms with Gasteiger partial charge in [0.2, 0.25) is 0 Å². The van der Waals surface area contributed by atoms with Crippen molar-refractivity contribution in [3.8, 4) is 0 Å². The second kappa shape index (κ2) is 3.44. The second-order valence-corrected chi connectivity index (χ2v) is 4.59. The number of ketones is 1. The minimum atomic E-state index is 0.0772. The van der Waals surface area contributed by atoms with Crippen LogP contribution >= 0.6 is 0 Å². The lowest BCUT2D eigenvalue weighted by Gasteiger charge is -2.21. The van der Waals surface area contributed by atoms with E-state index in [0.29, 0.717) is 12.2 Å². The van der Waals surface area contributed by atoms with Gasteiger partial charge in [0.05, 0.1) is 0 Å². The van der Waals surface area contributed by atoms with Crippen molar-refractivity contribution in [2.45, 2.75) is 25.7 Å². The molecule has 1 nitrogen and oxygen atoms in total. The Morgan fingerprint density at radius 3 is 2.50 bits per heavy atom. The van der Waals surface area contributed by atoms with Gasteiger partial charge in [0.15, 0.2) is 0 Å². The SMILES string of the molecule is CC1C(=O)CCc2cc3ccccc3cc21. The van der Waals surface area contributed by atoms with Crippen LogP contribution in [0.25, 0.3) is 10.8 Å². The van der Waals surface area contributed by atoms with Crippen molar-refractivity contribution in [3.05, 3.63) is 47.5 Å². The summed E-state index contributed by atoms with van der Waals surface area (Å²) in [5.74, 6) is 0.455. The molecule has 0 heterocycles. The van der Waals surface area contributed by atoms with Crippen LogP contribution in [-0.4, -0.2) is 5.78 Å². The van der Waals surface area contributed by atoms with Gasteiger partial charge in [0.1, 0.15) is 5.78 Å². The van der Waals surface area contributed by atoms with E-state index in [4.69, 9.17) is 0 Å². The third-order valence-corrected chi connectivity index (χ3v) is 3.60. The van der Waals surface area contributed by atoms with E-state index >= 15 is 0 Å². The lowest BCUT2D eigenvalue weighted by molar-refractivity contribution is -0.120. The molecule has 0 aromatic heterocycles. The maximum atomic E-state index is 11.7. The molecule has 1 aliphatic carbocycles. The van der Waals surface area contributed by atoms with Crippen LogP contribution in [0.3, 0.4) is 0 Å². The summed E-state index contributed by atoms with van der Waals surface area (Å²) in [6, 6.07) is 12.8. The van der Waals surface area contributed by atoms with Crippen LogP contribution in [0.5, 0.6) is 0 Å². The van der Waals surface area contributed by atoms with Gasteiger partial charge in [-0.1, -0.05) is 43.3 Å². The average molecular weight is 210 g/mol. The summed E-state index contributed by atoms with van der Waals surface area (Å²) in [7, 11) is 0. The molecule has 1 unspecified atom stereocenters. The first kappa shape index (κ1) is 9.59. The molecule has 0 amide bonds. The Balaban J connectivity index is 2.27. The lowest BCUT2D eigenvalue weighted by atomic mass is 9.82. The normalized spacial score (nSPS) is 19.8. The molecule has 0 saturated heterocycles. The Bertz CT molecular complexity index is 569. The first-order valence-electron chi connectivity index (χ1n) is 5.80.